The lowest BCUT2D eigenvalue weighted by atomic mass is 9.96. The molecule has 0 unspecified atom stereocenters. The van der Waals surface area contributed by atoms with E-state index in [4.69, 9.17) is 4.74 Å². The predicted molar refractivity (Wildman–Crippen MR) is 162 cm³/mol. The lowest BCUT2D eigenvalue weighted by molar-refractivity contribution is 0.0692. The van der Waals surface area contributed by atoms with Crippen molar-refractivity contribution in [2.75, 3.05) is 11.9 Å². The van der Waals surface area contributed by atoms with E-state index in [9.17, 15) is 24.0 Å². The summed E-state index contributed by atoms with van der Waals surface area (Å²) in [7, 11) is 1.38. The van der Waals surface area contributed by atoms with Gasteiger partial charge in [-0.05, 0) is 67.6 Å². The third-order valence-corrected chi connectivity index (χ3v) is 6.85. The molecule has 0 aliphatic carbocycles. The molecule has 0 radical (unpaired) electrons. The van der Waals surface area contributed by atoms with Crippen LogP contribution in [0.5, 0.6) is 11.5 Å². The minimum atomic E-state index is -0.548. The smallest absolute Gasteiger partial charge is 0.266 e. The third kappa shape index (κ3) is 4.99. The van der Waals surface area contributed by atoms with Crippen molar-refractivity contribution in [2.45, 2.75) is 29.2 Å². The Kier molecular flexibility index (Phi) is 8.62. The molecule has 0 bridgehead atoms. The molecular weight excluding hydrogens is 532 g/mol. The standard InChI is InChI=1S/C31H20N2O6.3CH4/c1-17-3-9-21(10-4-17)39-22-11-7-20(8-12-22)33-30(37)24-14-6-19(16-26(24)31(33)38)27(34)18-5-13-23-25(15-18)29(36)32(2)28(23)35;;;/h3-16H,1-2H3;3*1H4. The van der Waals surface area contributed by atoms with Crippen LogP contribution in [0.15, 0.2) is 84.9 Å². The van der Waals surface area contributed by atoms with Crippen molar-refractivity contribution < 1.29 is 28.7 Å². The first-order chi connectivity index (χ1) is 18.7. The molecule has 0 fully saturated rings. The fourth-order valence-corrected chi connectivity index (χ4v) is 4.69. The van der Waals surface area contributed by atoms with Gasteiger partial charge in [-0.25, -0.2) is 4.90 Å². The summed E-state index contributed by atoms with van der Waals surface area (Å²) in [4.78, 5) is 66.2. The number of hydrogen-bond donors (Lipinski definition) is 0. The molecule has 2 heterocycles. The average molecular weight is 565 g/mol. The van der Waals surface area contributed by atoms with Gasteiger partial charge in [0, 0.05) is 18.2 Å². The molecule has 2 aliphatic heterocycles. The summed E-state index contributed by atoms with van der Waals surface area (Å²) in [6.07, 6.45) is 0. The van der Waals surface area contributed by atoms with Crippen molar-refractivity contribution in [2.24, 2.45) is 0 Å². The highest BCUT2D eigenvalue weighted by Crippen LogP contribution is 2.32. The molecular formula is C34H32N2O6. The number of hydrogen-bond acceptors (Lipinski definition) is 6. The lowest BCUT2D eigenvalue weighted by Crippen LogP contribution is -2.29. The van der Waals surface area contributed by atoms with Gasteiger partial charge in [0.2, 0.25) is 0 Å². The van der Waals surface area contributed by atoms with Crippen LogP contribution in [0.25, 0.3) is 0 Å². The molecule has 2 aliphatic rings. The van der Waals surface area contributed by atoms with Gasteiger partial charge in [-0.2, -0.15) is 0 Å². The van der Waals surface area contributed by atoms with E-state index in [-0.39, 0.29) is 55.7 Å². The molecule has 0 saturated heterocycles. The van der Waals surface area contributed by atoms with Gasteiger partial charge in [0.25, 0.3) is 23.6 Å². The second kappa shape index (κ2) is 11.6. The number of rotatable bonds is 5. The van der Waals surface area contributed by atoms with E-state index < -0.39 is 29.4 Å². The maximum Gasteiger partial charge on any atom is 0.266 e. The molecule has 42 heavy (non-hydrogen) atoms. The van der Waals surface area contributed by atoms with Crippen molar-refractivity contribution in [3.05, 3.63) is 124 Å². The zero-order valence-electron chi connectivity index (χ0n) is 20.9. The Morgan fingerprint density at radius 2 is 1.00 bits per heavy atom. The molecule has 0 spiro atoms. The first-order valence-electron chi connectivity index (χ1n) is 12.1. The van der Waals surface area contributed by atoms with Gasteiger partial charge in [0.15, 0.2) is 5.78 Å². The van der Waals surface area contributed by atoms with Crippen LogP contribution in [0.4, 0.5) is 5.69 Å². The number of ketones is 1. The fourth-order valence-electron chi connectivity index (χ4n) is 4.69. The molecule has 0 N–H and O–H groups in total. The van der Waals surface area contributed by atoms with Crippen LogP contribution in [-0.4, -0.2) is 41.4 Å². The van der Waals surface area contributed by atoms with E-state index in [1.54, 1.807) is 24.3 Å². The van der Waals surface area contributed by atoms with Crippen molar-refractivity contribution in [1.29, 1.82) is 0 Å². The first-order valence-corrected chi connectivity index (χ1v) is 12.1. The highest BCUT2D eigenvalue weighted by molar-refractivity contribution is 6.35. The molecule has 4 aromatic rings. The number of ether oxygens (including phenoxy) is 1. The monoisotopic (exact) mass is 564 g/mol. The molecule has 214 valence electrons. The maximum atomic E-state index is 13.3. The quantitative estimate of drug-likeness (QED) is 0.192. The van der Waals surface area contributed by atoms with Crippen LogP contribution < -0.4 is 9.64 Å². The van der Waals surface area contributed by atoms with Crippen LogP contribution in [0, 0.1) is 6.92 Å². The Hall–Kier alpha value is -5.37. The predicted octanol–water partition coefficient (Wildman–Crippen LogP) is 6.95. The zero-order chi connectivity index (χ0) is 27.4. The van der Waals surface area contributed by atoms with E-state index in [2.05, 4.69) is 0 Å². The Bertz CT molecular complexity index is 1740. The summed E-state index contributed by atoms with van der Waals surface area (Å²) < 4.78 is 5.83. The van der Waals surface area contributed by atoms with E-state index in [1.165, 1.54) is 43.4 Å². The molecule has 0 saturated carbocycles. The van der Waals surface area contributed by atoms with Crippen LogP contribution in [0.3, 0.4) is 0 Å². The molecule has 0 aromatic heterocycles. The average Bonchev–Trinajstić information content (AvgIpc) is 3.33. The summed E-state index contributed by atoms with van der Waals surface area (Å²) in [6, 6.07) is 22.8. The minimum absolute atomic E-state index is 0. The van der Waals surface area contributed by atoms with Gasteiger partial charge in [-0.15, -0.1) is 0 Å². The van der Waals surface area contributed by atoms with Gasteiger partial charge >= 0.3 is 0 Å². The summed E-state index contributed by atoms with van der Waals surface area (Å²) in [5, 5.41) is 0. The number of anilines is 1. The van der Waals surface area contributed by atoms with Crippen LogP contribution in [0.1, 0.15) is 85.2 Å². The lowest BCUT2D eigenvalue weighted by Gasteiger charge is -2.14. The van der Waals surface area contributed by atoms with Crippen molar-refractivity contribution in [3.8, 4) is 11.5 Å². The van der Waals surface area contributed by atoms with Gasteiger partial charge in [0.1, 0.15) is 11.5 Å². The Labute approximate surface area is 245 Å². The second-order valence-electron chi connectivity index (χ2n) is 9.37. The third-order valence-electron chi connectivity index (χ3n) is 6.85. The SMILES string of the molecule is C.C.C.Cc1ccc(Oc2ccc(N3C(=O)c4ccc(C(=O)c5ccc6c(c5)C(=O)N(C)C6=O)cc4C3=O)cc2)cc1. The van der Waals surface area contributed by atoms with Gasteiger partial charge in [-0.3, -0.25) is 28.9 Å². The van der Waals surface area contributed by atoms with E-state index in [1.807, 2.05) is 31.2 Å². The number of carbonyl (C=O) groups is 5. The van der Waals surface area contributed by atoms with E-state index in [0.29, 0.717) is 17.2 Å². The fraction of sp³-hybridized carbons (Fsp3) is 0.147. The maximum absolute atomic E-state index is 13.3. The van der Waals surface area contributed by atoms with Crippen LogP contribution in [-0.2, 0) is 0 Å². The van der Waals surface area contributed by atoms with Crippen LogP contribution in [0.2, 0.25) is 0 Å². The van der Waals surface area contributed by atoms with Gasteiger partial charge < -0.3 is 4.74 Å². The molecule has 6 rings (SSSR count). The number of imide groups is 2. The molecule has 4 amide bonds. The van der Waals surface area contributed by atoms with E-state index >= 15 is 0 Å². The number of benzene rings is 4. The molecule has 0 atom stereocenters. The Balaban J connectivity index is 0.00000161. The van der Waals surface area contributed by atoms with Crippen LogP contribution >= 0.6 is 0 Å². The van der Waals surface area contributed by atoms with Crippen molar-refractivity contribution in [1.82, 2.24) is 4.90 Å². The largest absolute Gasteiger partial charge is 0.457 e. The summed E-state index contributed by atoms with van der Waals surface area (Å²) >= 11 is 0. The summed E-state index contributed by atoms with van der Waals surface area (Å²) in [5.74, 6) is -1.17. The highest BCUT2D eigenvalue weighted by Gasteiger charge is 2.38. The number of amides is 4. The summed E-state index contributed by atoms with van der Waals surface area (Å²) in [6.45, 7) is 1.98. The number of fused-ring (bicyclic) bond motifs is 2. The second-order valence-corrected chi connectivity index (χ2v) is 9.37. The van der Waals surface area contributed by atoms with Gasteiger partial charge in [-0.1, -0.05) is 52.1 Å². The first kappa shape index (κ1) is 31.2. The number of aryl methyl sites for hydroxylation is 1. The Morgan fingerprint density at radius 3 is 1.55 bits per heavy atom. The number of nitrogens with zero attached hydrogens (tertiary/aromatic N) is 2. The van der Waals surface area contributed by atoms with Gasteiger partial charge in [0.05, 0.1) is 27.9 Å². The summed E-state index contributed by atoms with van der Waals surface area (Å²) in [5.41, 5.74) is 2.55. The Morgan fingerprint density at radius 1 is 0.571 bits per heavy atom. The van der Waals surface area contributed by atoms with Crippen molar-refractivity contribution in [3.63, 3.8) is 0 Å². The van der Waals surface area contributed by atoms with E-state index in [0.717, 1.165) is 15.4 Å². The normalized spacial score (nSPS) is 13.1. The minimum Gasteiger partial charge on any atom is -0.457 e. The topological polar surface area (TPSA) is 101 Å². The zero-order valence-corrected chi connectivity index (χ0v) is 20.9. The number of carbonyl (C=O) groups excluding carboxylic acids is 5. The van der Waals surface area contributed by atoms with Crippen molar-refractivity contribution >= 4 is 35.1 Å². The molecule has 4 aromatic carbocycles. The molecule has 8 nitrogen and oxygen atoms in total. The highest BCUT2D eigenvalue weighted by atomic mass is 16.5. The molecule has 8 heteroatoms.